The number of nitrogens with zero attached hydrogens (tertiary/aromatic N) is 2. The highest BCUT2D eigenvalue weighted by molar-refractivity contribution is 5.94. The Morgan fingerprint density at radius 1 is 0.889 bits per heavy atom. The molecular weight excluding hydrogens is 342 g/mol. The molecular formula is C21H25N3O3. The second kappa shape index (κ2) is 8.58. The van der Waals surface area contributed by atoms with Crippen molar-refractivity contribution in [3.63, 3.8) is 0 Å². The van der Waals surface area contributed by atoms with Gasteiger partial charge in [-0.25, -0.2) is 4.79 Å². The van der Waals surface area contributed by atoms with Crippen molar-refractivity contribution >= 4 is 28.9 Å². The minimum atomic E-state index is -0.436. The number of hydrogen-bond donors (Lipinski definition) is 1. The van der Waals surface area contributed by atoms with Crippen LogP contribution in [0.25, 0.3) is 0 Å². The number of rotatable bonds is 5. The number of benzene rings is 2. The maximum absolute atomic E-state index is 11.5. The first-order valence-electron chi connectivity index (χ1n) is 9.21. The largest absolute Gasteiger partial charge is 0.450 e. The molecule has 1 aliphatic heterocycles. The van der Waals surface area contributed by atoms with E-state index in [4.69, 9.17) is 4.74 Å². The molecule has 3 rings (SSSR count). The van der Waals surface area contributed by atoms with Gasteiger partial charge in [-0.15, -0.1) is 0 Å². The van der Waals surface area contributed by atoms with Crippen molar-refractivity contribution in [1.82, 2.24) is 0 Å². The molecule has 1 amide bonds. The van der Waals surface area contributed by atoms with Crippen molar-refractivity contribution in [2.45, 2.75) is 13.8 Å². The Balaban J connectivity index is 1.55. The van der Waals surface area contributed by atoms with Crippen molar-refractivity contribution < 1.29 is 14.3 Å². The summed E-state index contributed by atoms with van der Waals surface area (Å²) in [5, 5.41) is 2.70. The minimum absolute atomic E-state index is 0.0901. The summed E-state index contributed by atoms with van der Waals surface area (Å²) in [6.07, 6.45) is -0.436. The van der Waals surface area contributed by atoms with Crippen molar-refractivity contribution in [3.05, 3.63) is 54.1 Å². The van der Waals surface area contributed by atoms with Crippen molar-refractivity contribution in [2.75, 3.05) is 47.9 Å². The van der Waals surface area contributed by atoms with E-state index in [2.05, 4.69) is 15.1 Å². The lowest BCUT2D eigenvalue weighted by Gasteiger charge is -2.37. The first-order valence-corrected chi connectivity index (χ1v) is 9.21. The lowest BCUT2D eigenvalue weighted by atomic mass is 10.1. The third kappa shape index (κ3) is 4.78. The summed E-state index contributed by atoms with van der Waals surface area (Å²) in [6, 6.07) is 15.6. The van der Waals surface area contributed by atoms with E-state index in [1.54, 1.807) is 13.8 Å². The normalized spacial score (nSPS) is 14.0. The summed E-state index contributed by atoms with van der Waals surface area (Å²) in [4.78, 5) is 27.5. The maximum Gasteiger partial charge on any atom is 0.411 e. The average molecular weight is 367 g/mol. The molecule has 0 radical (unpaired) electrons. The van der Waals surface area contributed by atoms with Gasteiger partial charge in [-0.1, -0.05) is 0 Å². The van der Waals surface area contributed by atoms with Gasteiger partial charge < -0.3 is 14.5 Å². The quantitative estimate of drug-likeness (QED) is 0.815. The van der Waals surface area contributed by atoms with Crippen molar-refractivity contribution in [1.29, 1.82) is 0 Å². The first-order chi connectivity index (χ1) is 13.1. The number of carbonyl (C=O) groups is 2. The zero-order valence-corrected chi connectivity index (χ0v) is 15.8. The van der Waals surface area contributed by atoms with Crippen LogP contribution in [0.1, 0.15) is 24.2 Å². The van der Waals surface area contributed by atoms with Gasteiger partial charge in [0.1, 0.15) is 0 Å². The van der Waals surface area contributed by atoms with E-state index in [0.29, 0.717) is 6.61 Å². The molecule has 2 aromatic carbocycles. The summed E-state index contributed by atoms with van der Waals surface area (Å²) >= 11 is 0. The van der Waals surface area contributed by atoms with Crippen LogP contribution in [-0.2, 0) is 4.74 Å². The molecule has 1 fully saturated rings. The van der Waals surface area contributed by atoms with Gasteiger partial charge in [0.2, 0.25) is 0 Å². The zero-order chi connectivity index (χ0) is 19.2. The monoisotopic (exact) mass is 367 g/mol. The Kier molecular flexibility index (Phi) is 5.96. The Bertz CT molecular complexity index is 779. The van der Waals surface area contributed by atoms with Crippen LogP contribution in [0, 0.1) is 0 Å². The molecule has 6 nitrogen and oxygen atoms in total. The third-order valence-electron chi connectivity index (χ3n) is 4.67. The van der Waals surface area contributed by atoms with Crippen LogP contribution >= 0.6 is 0 Å². The van der Waals surface area contributed by atoms with E-state index in [-0.39, 0.29) is 5.78 Å². The van der Waals surface area contributed by atoms with Crippen LogP contribution in [0.15, 0.2) is 48.5 Å². The highest BCUT2D eigenvalue weighted by Gasteiger charge is 2.18. The maximum atomic E-state index is 11.5. The summed E-state index contributed by atoms with van der Waals surface area (Å²) in [5.41, 5.74) is 3.75. The molecule has 27 heavy (non-hydrogen) atoms. The fraction of sp³-hybridized carbons (Fsp3) is 0.333. The fourth-order valence-electron chi connectivity index (χ4n) is 3.17. The van der Waals surface area contributed by atoms with Gasteiger partial charge in [0, 0.05) is 48.8 Å². The molecule has 0 saturated carbocycles. The minimum Gasteiger partial charge on any atom is -0.450 e. The fourth-order valence-corrected chi connectivity index (χ4v) is 3.17. The number of carbonyl (C=O) groups excluding carboxylic acids is 2. The predicted molar refractivity (Wildman–Crippen MR) is 108 cm³/mol. The smallest absolute Gasteiger partial charge is 0.411 e. The number of anilines is 3. The SMILES string of the molecule is CCOC(=O)Nc1ccc(N2CCN(c3ccc(C(C)=O)cc3)CC2)cc1. The number of ether oxygens (including phenoxy) is 1. The second-order valence-corrected chi connectivity index (χ2v) is 6.47. The molecule has 2 aromatic rings. The van der Waals surface area contributed by atoms with Crippen LogP contribution in [0.4, 0.5) is 21.9 Å². The van der Waals surface area contributed by atoms with Crippen LogP contribution in [-0.4, -0.2) is 44.7 Å². The van der Waals surface area contributed by atoms with Gasteiger partial charge in [-0.05, 0) is 62.4 Å². The number of Topliss-reactive ketones (excluding diaryl/α,β-unsaturated/α-hetero) is 1. The van der Waals surface area contributed by atoms with Crippen LogP contribution in [0.3, 0.4) is 0 Å². The molecule has 1 saturated heterocycles. The van der Waals surface area contributed by atoms with E-state index < -0.39 is 6.09 Å². The number of ketones is 1. The van der Waals surface area contributed by atoms with E-state index in [1.165, 1.54) is 0 Å². The molecule has 1 N–H and O–H groups in total. The number of hydrogen-bond acceptors (Lipinski definition) is 5. The molecule has 6 heteroatoms. The molecule has 0 spiro atoms. The third-order valence-corrected chi connectivity index (χ3v) is 4.67. The second-order valence-electron chi connectivity index (χ2n) is 6.47. The summed E-state index contributed by atoms with van der Waals surface area (Å²) in [6.45, 7) is 7.38. The molecule has 0 bridgehead atoms. The van der Waals surface area contributed by atoms with E-state index in [9.17, 15) is 9.59 Å². The summed E-state index contributed by atoms with van der Waals surface area (Å²) in [7, 11) is 0. The lowest BCUT2D eigenvalue weighted by molar-refractivity contribution is 0.101. The Hall–Kier alpha value is -3.02. The van der Waals surface area contributed by atoms with Crippen molar-refractivity contribution in [3.8, 4) is 0 Å². The molecule has 0 unspecified atom stereocenters. The number of amides is 1. The van der Waals surface area contributed by atoms with Crippen LogP contribution in [0.5, 0.6) is 0 Å². The molecule has 1 aliphatic rings. The topological polar surface area (TPSA) is 61.9 Å². The number of piperazine rings is 1. The molecule has 0 aliphatic carbocycles. The van der Waals surface area contributed by atoms with Crippen LogP contribution < -0.4 is 15.1 Å². The number of nitrogens with one attached hydrogen (secondary N) is 1. The molecule has 1 heterocycles. The first kappa shape index (κ1) is 18.8. The van der Waals surface area contributed by atoms with Gasteiger partial charge in [-0.2, -0.15) is 0 Å². The Labute approximate surface area is 159 Å². The van der Waals surface area contributed by atoms with Gasteiger partial charge in [0.05, 0.1) is 6.61 Å². The highest BCUT2D eigenvalue weighted by Crippen LogP contribution is 2.22. The lowest BCUT2D eigenvalue weighted by Crippen LogP contribution is -2.46. The van der Waals surface area contributed by atoms with Crippen molar-refractivity contribution in [2.24, 2.45) is 0 Å². The predicted octanol–water partition coefficient (Wildman–Crippen LogP) is 3.78. The summed E-state index contributed by atoms with van der Waals surface area (Å²) in [5.74, 6) is 0.0901. The van der Waals surface area contributed by atoms with Gasteiger partial charge in [-0.3, -0.25) is 10.1 Å². The Morgan fingerprint density at radius 3 is 1.81 bits per heavy atom. The van der Waals surface area contributed by atoms with Crippen LogP contribution in [0.2, 0.25) is 0 Å². The Morgan fingerprint density at radius 2 is 1.37 bits per heavy atom. The van der Waals surface area contributed by atoms with E-state index >= 15 is 0 Å². The highest BCUT2D eigenvalue weighted by atomic mass is 16.5. The van der Waals surface area contributed by atoms with Gasteiger partial charge in [0.15, 0.2) is 5.78 Å². The molecule has 142 valence electrons. The summed E-state index contributed by atoms with van der Waals surface area (Å²) < 4.78 is 4.88. The average Bonchev–Trinajstić information content (AvgIpc) is 2.69. The molecule has 0 atom stereocenters. The van der Waals surface area contributed by atoms with E-state index in [1.807, 2.05) is 48.5 Å². The molecule has 0 aromatic heterocycles. The van der Waals surface area contributed by atoms with E-state index in [0.717, 1.165) is 48.8 Å². The van der Waals surface area contributed by atoms with Gasteiger partial charge in [0.25, 0.3) is 0 Å². The zero-order valence-electron chi connectivity index (χ0n) is 15.8. The standard InChI is InChI=1S/C21H25N3O3/c1-3-27-21(26)22-18-6-10-20(11-7-18)24-14-12-23(13-15-24)19-8-4-17(5-9-19)16(2)25/h4-11H,3,12-15H2,1-2H3,(H,22,26). The van der Waals surface area contributed by atoms with Gasteiger partial charge >= 0.3 is 6.09 Å².